The van der Waals surface area contributed by atoms with Gasteiger partial charge in [0.05, 0.1) is 13.7 Å². The van der Waals surface area contributed by atoms with Crippen LogP contribution in [-0.4, -0.2) is 28.7 Å². The number of aryl methyl sites for hydroxylation is 2. The van der Waals surface area contributed by atoms with Crippen molar-refractivity contribution in [2.75, 3.05) is 13.7 Å². The van der Waals surface area contributed by atoms with Crippen molar-refractivity contribution in [2.45, 2.75) is 44.7 Å². The maximum absolute atomic E-state index is 5.56. The molecule has 28 heavy (non-hydrogen) atoms. The summed E-state index contributed by atoms with van der Waals surface area (Å²) in [7, 11) is 1.72. The van der Waals surface area contributed by atoms with Crippen LogP contribution < -0.4 is 4.74 Å². The van der Waals surface area contributed by atoms with E-state index in [1.165, 1.54) is 24.0 Å². The molecular weight excluding hydrogens is 350 g/mol. The Morgan fingerprint density at radius 3 is 2.82 bits per heavy atom. The lowest BCUT2D eigenvalue weighted by molar-refractivity contribution is 0.123. The summed E-state index contributed by atoms with van der Waals surface area (Å²) in [4.78, 5) is 7.09. The summed E-state index contributed by atoms with van der Waals surface area (Å²) in [6.07, 6.45) is 5.31. The lowest BCUT2D eigenvalue weighted by Gasteiger charge is -2.35. The van der Waals surface area contributed by atoms with Crippen LogP contribution in [0, 0.1) is 0 Å². The third-order valence-electron chi connectivity index (χ3n) is 5.42. The standard InChI is InChI=1S/C23H27N3O2/c1-27-20-11-7-10-19(16-20)21-12-5-6-15-26(21)17-23-24-22(25-28-23)14-13-18-8-3-2-4-9-18/h2-4,7-11,16,21H,5-6,12-15,17H2,1H3/t21-/m1/s1. The van der Waals surface area contributed by atoms with Crippen LogP contribution in [0.25, 0.3) is 0 Å². The first kappa shape index (κ1) is 18.7. The van der Waals surface area contributed by atoms with Crippen LogP contribution in [0.2, 0.25) is 0 Å². The third kappa shape index (κ3) is 4.60. The fourth-order valence-corrected chi connectivity index (χ4v) is 3.94. The molecule has 1 fully saturated rings. The van der Waals surface area contributed by atoms with E-state index in [9.17, 15) is 0 Å². The van der Waals surface area contributed by atoms with Gasteiger partial charge < -0.3 is 9.26 Å². The zero-order valence-electron chi connectivity index (χ0n) is 16.4. The molecule has 1 aliphatic rings. The Balaban J connectivity index is 1.41. The summed E-state index contributed by atoms with van der Waals surface area (Å²) in [6.45, 7) is 1.74. The predicted molar refractivity (Wildman–Crippen MR) is 108 cm³/mol. The molecule has 0 amide bonds. The first-order valence-corrected chi connectivity index (χ1v) is 10.1. The monoisotopic (exact) mass is 377 g/mol. The molecule has 4 rings (SSSR count). The highest BCUT2D eigenvalue weighted by atomic mass is 16.5. The fraction of sp³-hybridized carbons (Fsp3) is 0.391. The molecule has 0 unspecified atom stereocenters. The molecule has 0 saturated carbocycles. The average molecular weight is 377 g/mol. The maximum Gasteiger partial charge on any atom is 0.240 e. The Morgan fingerprint density at radius 1 is 1.07 bits per heavy atom. The van der Waals surface area contributed by atoms with E-state index in [0.717, 1.165) is 37.4 Å². The highest BCUT2D eigenvalue weighted by Gasteiger charge is 2.26. The van der Waals surface area contributed by atoms with Crippen molar-refractivity contribution in [3.63, 3.8) is 0 Å². The number of methoxy groups -OCH3 is 1. The Morgan fingerprint density at radius 2 is 1.96 bits per heavy atom. The van der Waals surface area contributed by atoms with Crippen LogP contribution in [0.15, 0.2) is 59.1 Å². The summed E-state index contributed by atoms with van der Waals surface area (Å²) in [5.74, 6) is 2.40. The molecule has 5 nitrogen and oxygen atoms in total. The number of hydrogen-bond donors (Lipinski definition) is 0. The van der Waals surface area contributed by atoms with Gasteiger partial charge in [-0.3, -0.25) is 4.90 Å². The SMILES string of the molecule is COc1cccc([C@H]2CCCCN2Cc2nc(CCc3ccccc3)no2)c1. The van der Waals surface area contributed by atoms with Crippen LogP contribution in [0.4, 0.5) is 0 Å². The highest BCUT2D eigenvalue weighted by Crippen LogP contribution is 2.33. The second kappa shape index (κ2) is 9.02. The minimum atomic E-state index is 0.364. The van der Waals surface area contributed by atoms with Gasteiger partial charge in [0.1, 0.15) is 5.75 Å². The van der Waals surface area contributed by atoms with E-state index in [-0.39, 0.29) is 0 Å². The van der Waals surface area contributed by atoms with Crippen molar-refractivity contribution in [1.82, 2.24) is 15.0 Å². The second-order valence-electron chi connectivity index (χ2n) is 7.35. The lowest BCUT2D eigenvalue weighted by atomic mass is 9.95. The van der Waals surface area contributed by atoms with Gasteiger partial charge in [0, 0.05) is 12.5 Å². The van der Waals surface area contributed by atoms with Gasteiger partial charge >= 0.3 is 0 Å². The van der Waals surface area contributed by atoms with Crippen molar-refractivity contribution in [1.29, 1.82) is 0 Å². The summed E-state index contributed by atoms with van der Waals surface area (Å²) in [5, 5.41) is 4.19. The van der Waals surface area contributed by atoms with E-state index in [4.69, 9.17) is 9.26 Å². The smallest absolute Gasteiger partial charge is 0.240 e. The topological polar surface area (TPSA) is 51.4 Å². The molecule has 2 heterocycles. The van der Waals surface area contributed by atoms with Gasteiger partial charge in [-0.1, -0.05) is 54.0 Å². The number of likely N-dealkylation sites (tertiary alicyclic amines) is 1. The van der Waals surface area contributed by atoms with E-state index in [1.807, 2.05) is 12.1 Å². The molecule has 0 radical (unpaired) electrons. The number of piperidine rings is 1. The first-order chi connectivity index (χ1) is 13.8. The number of benzene rings is 2. The van der Waals surface area contributed by atoms with Crippen molar-refractivity contribution >= 4 is 0 Å². The van der Waals surface area contributed by atoms with Gasteiger partial charge in [0.15, 0.2) is 5.82 Å². The zero-order valence-corrected chi connectivity index (χ0v) is 16.4. The summed E-state index contributed by atoms with van der Waals surface area (Å²) >= 11 is 0. The molecule has 0 bridgehead atoms. The number of hydrogen-bond acceptors (Lipinski definition) is 5. The molecule has 146 valence electrons. The molecule has 3 aromatic rings. The van der Waals surface area contributed by atoms with Gasteiger partial charge in [-0.15, -0.1) is 0 Å². The quantitative estimate of drug-likeness (QED) is 0.603. The second-order valence-corrected chi connectivity index (χ2v) is 7.35. The molecular formula is C23H27N3O2. The molecule has 1 aromatic heterocycles. The third-order valence-corrected chi connectivity index (χ3v) is 5.42. The molecule has 1 atom stereocenters. The highest BCUT2D eigenvalue weighted by molar-refractivity contribution is 5.30. The normalized spacial score (nSPS) is 17.5. The zero-order chi connectivity index (χ0) is 19.2. The van der Waals surface area contributed by atoms with E-state index >= 15 is 0 Å². The van der Waals surface area contributed by atoms with E-state index in [0.29, 0.717) is 18.5 Å². The summed E-state index contributed by atoms with van der Waals surface area (Å²) < 4.78 is 11.0. The fourth-order valence-electron chi connectivity index (χ4n) is 3.94. The number of ether oxygens (including phenoxy) is 1. The van der Waals surface area contributed by atoms with Crippen LogP contribution >= 0.6 is 0 Å². The van der Waals surface area contributed by atoms with E-state index < -0.39 is 0 Å². The Kier molecular flexibility index (Phi) is 6.02. The van der Waals surface area contributed by atoms with Crippen LogP contribution in [-0.2, 0) is 19.4 Å². The number of rotatable bonds is 7. The molecule has 2 aromatic carbocycles. The molecule has 0 spiro atoms. The van der Waals surface area contributed by atoms with Crippen LogP contribution in [0.3, 0.4) is 0 Å². The van der Waals surface area contributed by atoms with Gasteiger partial charge in [0.2, 0.25) is 5.89 Å². The number of aromatic nitrogens is 2. The predicted octanol–water partition coefficient (Wildman–Crippen LogP) is 4.59. The van der Waals surface area contributed by atoms with Crippen molar-refractivity contribution < 1.29 is 9.26 Å². The lowest BCUT2D eigenvalue weighted by Crippen LogP contribution is -2.33. The molecule has 5 heteroatoms. The van der Waals surface area contributed by atoms with Gasteiger partial charge in [-0.25, -0.2) is 0 Å². The first-order valence-electron chi connectivity index (χ1n) is 10.1. The Hall–Kier alpha value is -2.66. The van der Waals surface area contributed by atoms with Gasteiger partial charge in [-0.2, -0.15) is 4.98 Å². The molecule has 0 aliphatic carbocycles. The summed E-state index contributed by atoms with van der Waals surface area (Å²) in [5.41, 5.74) is 2.59. The maximum atomic E-state index is 5.56. The number of nitrogens with zero attached hydrogens (tertiary/aromatic N) is 3. The van der Waals surface area contributed by atoms with Gasteiger partial charge in [-0.05, 0) is 49.1 Å². The van der Waals surface area contributed by atoms with Crippen molar-refractivity contribution in [3.05, 3.63) is 77.4 Å². The van der Waals surface area contributed by atoms with Crippen LogP contribution in [0.5, 0.6) is 5.75 Å². The molecule has 1 saturated heterocycles. The van der Waals surface area contributed by atoms with Crippen LogP contribution in [0.1, 0.15) is 48.1 Å². The van der Waals surface area contributed by atoms with Gasteiger partial charge in [0.25, 0.3) is 0 Å². The largest absolute Gasteiger partial charge is 0.497 e. The Labute approximate surface area is 166 Å². The molecule has 0 N–H and O–H groups in total. The summed E-state index contributed by atoms with van der Waals surface area (Å²) in [6, 6.07) is 19.2. The Bertz CT molecular complexity index is 878. The molecule has 1 aliphatic heterocycles. The van der Waals surface area contributed by atoms with Crippen molar-refractivity contribution in [3.8, 4) is 5.75 Å². The average Bonchev–Trinajstić information content (AvgIpc) is 3.21. The minimum Gasteiger partial charge on any atom is -0.497 e. The van der Waals surface area contributed by atoms with E-state index in [2.05, 4.69) is 57.5 Å². The van der Waals surface area contributed by atoms with E-state index in [1.54, 1.807) is 7.11 Å². The minimum absolute atomic E-state index is 0.364. The van der Waals surface area contributed by atoms with Crippen molar-refractivity contribution in [2.24, 2.45) is 0 Å².